The summed E-state index contributed by atoms with van der Waals surface area (Å²) in [5, 5.41) is 6.38. The Morgan fingerprint density at radius 2 is 2.06 bits per heavy atom. The number of nitrogens with zero attached hydrogens (tertiary/aromatic N) is 2. The molecule has 1 aliphatic heterocycles. The van der Waals surface area contributed by atoms with Gasteiger partial charge in [0.25, 0.3) is 0 Å². The molecule has 3 aromatic rings. The molecular formula is C23H24ClFN4O2S. The van der Waals surface area contributed by atoms with Crippen LogP contribution in [0.25, 0.3) is 15.7 Å². The number of hydrogen-bond acceptors (Lipinski definition) is 5. The second kappa shape index (κ2) is 9.77. The molecule has 2 amide bonds. The van der Waals surface area contributed by atoms with Gasteiger partial charge in [-0.05, 0) is 60.8 Å². The molecule has 0 saturated carbocycles. The van der Waals surface area contributed by atoms with Gasteiger partial charge in [0, 0.05) is 46.9 Å². The third-order valence-electron chi connectivity index (χ3n) is 5.35. The number of pyridine rings is 1. The molecule has 4 rings (SSSR count). The smallest absolute Gasteiger partial charge is 0.247 e. The highest BCUT2D eigenvalue weighted by Gasteiger charge is 2.20. The summed E-state index contributed by atoms with van der Waals surface area (Å²) in [6.45, 7) is 2.79. The van der Waals surface area contributed by atoms with Crippen LogP contribution >= 0.6 is 23.7 Å². The number of fused-ring (bicyclic) bond motifs is 2. The number of benzene rings is 1. The Labute approximate surface area is 195 Å². The van der Waals surface area contributed by atoms with Gasteiger partial charge in [-0.25, -0.2) is 9.37 Å². The zero-order valence-corrected chi connectivity index (χ0v) is 19.6. The van der Waals surface area contributed by atoms with Gasteiger partial charge in [-0.2, -0.15) is 0 Å². The summed E-state index contributed by atoms with van der Waals surface area (Å²) in [5.41, 5.74) is 3.17. The Hall–Kier alpha value is -2.81. The minimum atomic E-state index is -0.275. The lowest BCUT2D eigenvalue weighted by Crippen LogP contribution is -2.26. The van der Waals surface area contributed by atoms with Crippen molar-refractivity contribution < 1.29 is 14.0 Å². The Kier molecular flexibility index (Phi) is 7.28. The molecular weight excluding hydrogens is 451 g/mol. The van der Waals surface area contributed by atoms with Crippen LogP contribution in [0.3, 0.4) is 0 Å². The van der Waals surface area contributed by atoms with Gasteiger partial charge in [0.2, 0.25) is 11.8 Å². The molecule has 0 unspecified atom stereocenters. The van der Waals surface area contributed by atoms with Crippen molar-refractivity contribution in [1.82, 2.24) is 15.2 Å². The molecule has 9 heteroatoms. The Morgan fingerprint density at radius 1 is 1.28 bits per heavy atom. The number of carbonyl (C=O) groups excluding carboxylic acids is 2. The van der Waals surface area contributed by atoms with Crippen LogP contribution in [-0.2, 0) is 22.6 Å². The number of hydrogen-bond donors (Lipinski definition) is 2. The molecule has 0 aliphatic carbocycles. The lowest BCUT2D eigenvalue weighted by Gasteiger charge is -2.14. The van der Waals surface area contributed by atoms with Gasteiger partial charge in [-0.15, -0.1) is 23.7 Å². The van der Waals surface area contributed by atoms with Crippen LogP contribution in [0.5, 0.6) is 0 Å². The van der Waals surface area contributed by atoms with Crippen LogP contribution in [0.1, 0.15) is 22.9 Å². The highest BCUT2D eigenvalue weighted by Crippen LogP contribution is 2.31. The largest absolute Gasteiger partial charge is 0.355 e. The summed E-state index contributed by atoms with van der Waals surface area (Å²) in [4.78, 5) is 32.0. The predicted octanol–water partition coefficient (Wildman–Crippen LogP) is 4.00. The highest BCUT2D eigenvalue weighted by molar-refractivity contribution is 7.19. The molecule has 1 aliphatic rings. The fourth-order valence-corrected chi connectivity index (χ4v) is 4.81. The van der Waals surface area contributed by atoms with E-state index in [-0.39, 0.29) is 30.0 Å². The standard InChI is InChI=1S/C23H23FN4O2S.ClH/c1-13(15-6-16-11-28(3)12-21(29)27-22(16)26-10-15)19(23(30)25-2)9-18-8-14-7-17(24)4-5-20(14)31-18;/h4-8,10H,9,11-12H2,1-3H3,(H,25,30)(H,26,27,29);1H. The number of likely N-dealkylation sites (N-methyl/N-ethyl adjacent to an activating group) is 2. The fraction of sp³-hybridized carbons (Fsp3) is 0.261. The van der Waals surface area contributed by atoms with Gasteiger partial charge in [0.05, 0.1) is 6.54 Å². The van der Waals surface area contributed by atoms with Crippen molar-refractivity contribution in [3.8, 4) is 0 Å². The summed E-state index contributed by atoms with van der Waals surface area (Å²) in [5.74, 6) is 0.0182. The fourth-order valence-electron chi connectivity index (χ4n) is 3.75. The second-order valence-electron chi connectivity index (χ2n) is 7.71. The lowest BCUT2D eigenvalue weighted by atomic mass is 9.97. The first-order chi connectivity index (χ1) is 14.8. The van der Waals surface area contributed by atoms with E-state index in [9.17, 15) is 14.0 Å². The van der Waals surface area contributed by atoms with Crippen molar-refractivity contribution in [2.45, 2.75) is 19.9 Å². The summed E-state index contributed by atoms with van der Waals surface area (Å²) >= 11 is 1.55. The third-order valence-corrected chi connectivity index (χ3v) is 6.46. The summed E-state index contributed by atoms with van der Waals surface area (Å²) in [6, 6.07) is 8.62. The molecule has 32 heavy (non-hydrogen) atoms. The molecule has 0 saturated heterocycles. The highest BCUT2D eigenvalue weighted by atomic mass is 35.5. The maximum atomic E-state index is 13.6. The van der Waals surface area contributed by atoms with E-state index in [1.807, 2.05) is 31.0 Å². The van der Waals surface area contributed by atoms with Crippen LogP contribution in [0.4, 0.5) is 10.2 Å². The quantitative estimate of drug-likeness (QED) is 0.560. The van der Waals surface area contributed by atoms with Crippen molar-refractivity contribution in [2.75, 3.05) is 26.0 Å². The van der Waals surface area contributed by atoms with Gasteiger partial charge in [-0.3, -0.25) is 14.5 Å². The molecule has 0 radical (unpaired) electrons. The molecule has 2 aromatic heterocycles. The monoisotopic (exact) mass is 474 g/mol. The molecule has 0 atom stereocenters. The third kappa shape index (κ3) is 4.98. The Balaban J connectivity index is 0.00000289. The van der Waals surface area contributed by atoms with Crippen molar-refractivity contribution in [3.63, 3.8) is 0 Å². The molecule has 1 aromatic carbocycles. The van der Waals surface area contributed by atoms with E-state index in [4.69, 9.17) is 0 Å². The molecule has 3 heterocycles. The summed E-state index contributed by atoms with van der Waals surface area (Å²) in [6.07, 6.45) is 2.11. The molecule has 0 bridgehead atoms. The van der Waals surface area contributed by atoms with Gasteiger partial charge in [0.15, 0.2) is 0 Å². The maximum absolute atomic E-state index is 13.6. The number of amides is 2. The van der Waals surface area contributed by atoms with Crippen LogP contribution in [0, 0.1) is 5.82 Å². The molecule has 0 fully saturated rings. The van der Waals surface area contributed by atoms with Crippen molar-refractivity contribution in [2.24, 2.45) is 0 Å². The molecule has 2 N–H and O–H groups in total. The summed E-state index contributed by atoms with van der Waals surface area (Å²) < 4.78 is 14.5. The van der Waals surface area contributed by atoms with Gasteiger partial charge < -0.3 is 10.6 Å². The number of anilines is 1. The van der Waals surface area contributed by atoms with Gasteiger partial charge in [-0.1, -0.05) is 0 Å². The lowest BCUT2D eigenvalue weighted by molar-refractivity contribution is -0.117. The predicted molar refractivity (Wildman–Crippen MR) is 129 cm³/mol. The average Bonchev–Trinajstić information content (AvgIpc) is 3.06. The minimum Gasteiger partial charge on any atom is -0.355 e. The SMILES string of the molecule is CNC(=O)C(Cc1cc2cc(F)ccc2s1)=C(C)c1cnc2c(c1)CN(C)CC(=O)N2.Cl. The molecule has 0 spiro atoms. The number of rotatable bonds is 4. The van der Waals surface area contributed by atoms with Crippen molar-refractivity contribution >= 4 is 57.0 Å². The first-order valence-corrected chi connectivity index (χ1v) is 10.7. The Morgan fingerprint density at radius 3 is 2.81 bits per heavy atom. The molecule has 6 nitrogen and oxygen atoms in total. The zero-order valence-electron chi connectivity index (χ0n) is 18.0. The van der Waals surface area contributed by atoms with E-state index in [1.165, 1.54) is 12.1 Å². The van der Waals surface area contributed by atoms with Crippen molar-refractivity contribution in [1.29, 1.82) is 0 Å². The van der Waals surface area contributed by atoms with Crippen LogP contribution < -0.4 is 10.6 Å². The first-order valence-electron chi connectivity index (χ1n) is 9.91. The topological polar surface area (TPSA) is 74.3 Å². The number of nitrogens with one attached hydrogen (secondary N) is 2. The number of aromatic nitrogens is 1. The Bertz CT molecular complexity index is 1220. The summed E-state index contributed by atoms with van der Waals surface area (Å²) in [7, 11) is 3.49. The van der Waals surface area contributed by atoms with E-state index in [1.54, 1.807) is 30.6 Å². The van der Waals surface area contributed by atoms with Gasteiger partial charge >= 0.3 is 0 Å². The van der Waals surface area contributed by atoms with Crippen LogP contribution in [0.2, 0.25) is 0 Å². The second-order valence-corrected chi connectivity index (χ2v) is 8.87. The van der Waals surface area contributed by atoms with Crippen LogP contribution in [-0.4, -0.2) is 42.3 Å². The number of thiophene rings is 1. The average molecular weight is 475 g/mol. The normalized spacial score (nSPS) is 14.7. The first kappa shape index (κ1) is 23.8. The van der Waals surface area contributed by atoms with Crippen LogP contribution in [0.15, 0.2) is 42.1 Å². The van der Waals surface area contributed by atoms with E-state index in [0.29, 0.717) is 30.9 Å². The number of carbonyl (C=O) groups is 2. The van der Waals surface area contributed by atoms with E-state index in [2.05, 4.69) is 15.6 Å². The zero-order chi connectivity index (χ0) is 22.1. The minimum absolute atomic E-state index is 0. The molecule has 168 valence electrons. The van der Waals surface area contributed by atoms with Crippen molar-refractivity contribution in [3.05, 3.63) is 63.9 Å². The number of halogens is 2. The number of allylic oxidation sites excluding steroid dienone is 1. The maximum Gasteiger partial charge on any atom is 0.247 e. The van der Waals surface area contributed by atoms with E-state index < -0.39 is 0 Å². The van der Waals surface area contributed by atoms with E-state index >= 15 is 0 Å². The van der Waals surface area contributed by atoms with Gasteiger partial charge in [0.1, 0.15) is 11.6 Å². The van der Waals surface area contributed by atoms with E-state index in [0.717, 1.165) is 31.7 Å².